The first-order valence-electron chi connectivity index (χ1n) is 14.8. The molecule has 4 aromatic carbocycles. The third-order valence-corrected chi connectivity index (χ3v) is 9.72. The van der Waals surface area contributed by atoms with Gasteiger partial charge in [-0.2, -0.15) is 0 Å². The normalized spacial score (nSPS) is 12.0. The second kappa shape index (κ2) is 16.1. The molecule has 2 amide bonds. The summed E-state index contributed by atoms with van der Waals surface area (Å²) in [5.74, 6) is -0.524. The number of amides is 2. The van der Waals surface area contributed by atoms with Crippen LogP contribution >= 0.6 is 27.5 Å². The highest BCUT2D eigenvalue weighted by Crippen LogP contribution is 2.35. The van der Waals surface area contributed by atoms with Gasteiger partial charge in [0.25, 0.3) is 10.0 Å². The molecule has 0 aliphatic rings. The van der Waals surface area contributed by atoms with Gasteiger partial charge < -0.3 is 15.0 Å². The van der Waals surface area contributed by atoms with E-state index in [9.17, 15) is 18.0 Å². The molecule has 4 rings (SSSR count). The molecule has 0 saturated carbocycles. The number of carbonyl (C=O) groups is 2. The summed E-state index contributed by atoms with van der Waals surface area (Å²) in [4.78, 5) is 29.9. The number of sulfonamides is 1. The Hall–Kier alpha value is -3.86. The minimum Gasteiger partial charge on any atom is -0.495 e. The molecule has 0 bridgehead atoms. The highest BCUT2D eigenvalue weighted by Gasteiger charge is 2.35. The van der Waals surface area contributed by atoms with Crippen molar-refractivity contribution in [1.29, 1.82) is 0 Å². The van der Waals surface area contributed by atoms with Crippen LogP contribution in [0.1, 0.15) is 25.0 Å². The number of hydrogen-bond acceptors (Lipinski definition) is 5. The van der Waals surface area contributed by atoms with Gasteiger partial charge in [-0.15, -0.1) is 0 Å². The number of methoxy groups -OCH3 is 1. The first-order valence-corrected chi connectivity index (χ1v) is 17.4. The molecule has 0 spiro atoms. The smallest absolute Gasteiger partial charge is 0.264 e. The number of nitrogens with one attached hydrogen (secondary N) is 1. The van der Waals surface area contributed by atoms with E-state index in [1.165, 1.54) is 30.2 Å². The highest BCUT2D eigenvalue weighted by atomic mass is 79.9. The van der Waals surface area contributed by atoms with E-state index in [0.29, 0.717) is 6.54 Å². The van der Waals surface area contributed by atoms with Crippen LogP contribution in [0.25, 0.3) is 0 Å². The monoisotopic (exact) mass is 725 g/mol. The molecule has 0 aliphatic heterocycles. The Morgan fingerprint density at radius 2 is 1.54 bits per heavy atom. The van der Waals surface area contributed by atoms with E-state index in [0.717, 1.165) is 19.9 Å². The Kier molecular flexibility index (Phi) is 12.3. The zero-order valence-electron chi connectivity index (χ0n) is 25.9. The number of nitrogens with zero attached hydrogens (tertiary/aromatic N) is 2. The first-order chi connectivity index (χ1) is 22.0. The van der Waals surface area contributed by atoms with E-state index in [1.807, 2.05) is 68.4 Å². The molecular formula is C35H37BrClN3O5S. The lowest BCUT2D eigenvalue weighted by molar-refractivity contribution is -0.140. The van der Waals surface area contributed by atoms with Gasteiger partial charge in [0.1, 0.15) is 18.3 Å². The summed E-state index contributed by atoms with van der Waals surface area (Å²) in [5.41, 5.74) is 1.71. The topological polar surface area (TPSA) is 96.0 Å². The first kappa shape index (κ1) is 35.0. The Labute approximate surface area is 284 Å². The van der Waals surface area contributed by atoms with Crippen LogP contribution < -0.4 is 14.4 Å². The number of anilines is 1. The van der Waals surface area contributed by atoms with Gasteiger partial charge in [-0.25, -0.2) is 8.42 Å². The average molecular weight is 727 g/mol. The van der Waals surface area contributed by atoms with Crippen molar-refractivity contribution < 1.29 is 22.7 Å². The van der Waals surface area contributed by atoms with Crippen molar-refractivity contribution in [3.63, 3.8) is 0 Å². The number of ether oxygens (including phenoxy) is 1. The van der Waals surface area contributed by atoms with Crippen LogP contribution in [0.15, 0.2) is 112 Å². The predicted molar refractivity (Wildman–Crippen MR) is 185 cm³/mol. The molecule has 0 saturated heterocycles. The van der Waals surface area contributed by atoms with Gasteiger partial charge in [0.05, 0.1) is 17.7 Å². The fourth-order valence-corrected chi connectivity index (χ4v) is 6.95. The summed E-state index contributed by atoms with van der Waals surface area (Å²) in [6.45, 7) is 3.82. The molecule has 0 radical (unpaired) electrons. The lowest BCUT2D eigenvalue weighted by atomic mass is 10.0. The maximum absolute atomic E-state index is 14.6. The molecule has 0 heterocycles. The molecule has 8 nitrogen and oxygen atoms in total. The van der Waals surface area contributed by atoms with Gasteiger partial charge in [-0.1, -0.05) is 102 Å². The van der Waals surface area contributed by atoms with Crippen LogP contribution in [-0.4, -0.2) is 51.4 Å². The third-order valence-electron chi connectivity index (χ3n) is 7.22. The summed E-state index contributed by atoms with van der Waals surface area (Å²) in [5, 5.41) is 3.25. The Morgan fingerprint density at radius 1 is 0.891 bits per heavy atom. The van der Waals surface area contributed by atoms with Crippen LogP contribution in [0.5, 0.6) is 5.75 Å². The maximum atomic E-state index is 14.6. The molecule has 46 heavy (non-hydrogen) atoms. The van der Waals surface area contributed by atoms with Crippen LogP contribution in [-0.2, 0) is 32.6 Å². The van der Waals surface area contributed by atoms with Gasteiger partial charge >= 0.3 is 0 Å². The minimum absolute atomic E-state index is 0.0149. The fourth-order valence-electron chi connectivity index (χ4n) is 4.90. The maximum Gasteiger partial charge on any atom is 0.264 e. The van der Waals surface area contributed by atoms with Crippen molar-refractivity contribution in [2.24, 2.45) is 5.92 Å². The SMILES string of the molecule is COc1ccc(Cl)cc1N(CC(=O)N(Cc1cccc(Br)c1)[C@H](Cc1ccccc1)C(=O)NCC(C)C)S(=O)(=O)c1ccccc1. The molecule has 1 atom stereocenters. The van der Waals surface area contributed by atoms with Crippen molar-refractivity contribution >= 4 is 55.1 Å². The minimum atomic E-state index is -4.30. The number of halogens is 2. The zero-order valence-corrected chi connectivity index (χ0v) is 29.1. The summed E-state index contributed by atoms with van der Waals surface area (Å²) in [7, 11) is -2.89. The third kappa shape index (κ3) is 9.11. The molecule has 1 N–H and O–H groups in total. The molecule has 4 aromatic rings. The lowest BCUT2D eigenvalue weighted by Crippen LogP contribution is -2.53. The van der Waals surface area contributed by atoms with E-state index in [-0.39, 0.29) is 46.1 Å². The second-order valence-corrected chi connectivity index (χ2v) is 14.4. The largest absolute Gasteiger partial charge is 0.495 e. The highest BCUT2D eigenvalue weighted by molar-refractivity contribution is 9.10. The number of hydrogen-bond donors (Lipinski definition) is 1. The van der Waals surface area contributed by atoms with E-state index >= 15 is 0 Å². The van der Waals surface area contributed by atoms with E-state index in [4.69, 9.17) is 16.3 Å². The van der Waals surface area contributed by atoms with E-state index < -0.39 is 28.5 Å². The van der Waals surface area contributed by atoms with E-state index in [1.54, 1.807) is 30.3 Å². The Bertz CT molecular complexity index is 1740. The van der Waals surface area contributed by atoms with Gasteiger partial charge in [0, 0.05) is 29.0 Å². The van der Waals surface area contributed by atoms with Crippen molar-refractivity contribution in [2.75, 3.05) is 24.5 Å². The Balaban J connectivity index is 1.84. The molecular weight excluding hydrogens is 690 g/mol. The number of benzene rings is 4. The molecule has 0 aromatic heterocycles. The van der Waals surface area contributed by atoms with Crippen molar-refractivity contribution in [3.05, 3.63) is 124 Å². The number of rotatable bonds is 14. The van der Waals surface area contributed by atoms with Crippen LogP contribution in [0.2, 0.25) is 5.02 Å². The summed E-state index contributed by atoms with van der Waals surface area (Å²) < 4.78 is 35.8. The average Bonchev–Trinajstić information content (AvgIpc) is 3.04. The van der Waals surface area contributed by atoms with Crippen LogP contribution in [0.3, 0.4) is 0 Å². The second-order valence-electron chi connectivity index (χ2n) is 11.1. The van der Waals surface area contributed by atoms with E-state index in [2.05, 4.69) is 21.2 Å². The number of carbonyl (C=O) groups excluding carboxylic acids is 2. The quantitative estimate of drug-likeness (QED) is 0.156. The molecule has 11 heteroatoms. The molecule has 0 unspecified atom stereocenters. The molecule has 0 aliphatic carbocycles. The van der Waals surface area contributed by atoms with Gasteiger partial charge in [-0.3, -0.25) is 13.9 Å². The molecule has 242 valence electrons. The standard InChI is InChI=1S/C35H37BrClN3O5S/c1-25(2)22-38-35(42)32(20-26-11-6-4-7-12-26)39(23-27-13-10-14-28(36)19-27)34(41)24-40(31-21-29(37)17-18-33(31)45-3)46(43,44)30-15-8-5-9-16-30/h4-19,21,25,32H,20,22-24H2,1-3H3,(H,38,42)/t32-/m1/s1. The fraction of sp³-hybridized carbons (Fsp3) is 0.257. The lowest BCUT2D eigenvalue weighted by Gasteiger charge is -2.34. The molecule has 0 fully saturated rings. The van der Waals surface area contributed by atoms with Crippen molar-refractivity contribution in [2.45, 2.75) is 37.8 Å². The van der Waals surface area contributed by atoms with Gasteiger partial charge in [-0.05, 0) is 59.5 Å². The Morgan fingerprint density at radius 3 is 2.17 bits per heavy atom. The van der Waals surface area contributed by atoms with Crippen LogP contribution in [0, 0.1) is 5.92 Å². The summed E-state index contributed by atoms with van der Waals surface area (Å²) in [6, 6.07) is 28.3. The van der Waals surface area contributed by atoms with Crippen molar-refractivity contribution in [3.8, 4) is 5.75 Å². The summed E-state index contributed by atoms with van der Waals surface area (Å²) >= 11 is 9.85. The van der Waals surface area contributed by atoms with Crippen LogP contribution in [0.4, 0.5) is 5.69 Å². The zero-order chi connectivity index (χ0) is 33.3. The van der Waals surface area contributed by atoms with Crippen molar-refractivity contribution in [1.82, 2.24) is 10.2 Å². The van der Waals surface area contributed by atoms with Gasteiger partial charge in [0.2, 0.25) is 11.8 Å². The predicted octanol–water partition coefficient (Wildman–Crippen LogP) is 6.72. The van der Waals surface area contributed by atoms with Gasteiger partial charge in [0.15, 0.2) is 0 Å². The summed E-state index contributed by atoms with van der Waals surface area (Å²) in [6.07, 6.45) is 0.219.